The minimum Gasteiger partial charge on any atom is -0.418 e. The number of rotatable bonds is 7. The molecular weight excluding hydrogens is 248 g/mol. The highest BCUT2D eigenvalue weighted by atomic mass is 28.4. The summed E-state index contributed by atoms with van der Waals surface area (Å²) < 4.78 is 12.1. The first-order chi connectivity index (χ1) is 6.97. The van der Waals surface area contributed by atoms with Crippen molar-refractivity contribution in [2.45, 2.75) is 45.8 Å². The summed E-state index contributed by atoms with van der Waals surface area (Å²) in [6.45, 7) is 19.7. The van der Waals surface area contributed by atoms with Crippen LogP contribution < -0.4 is 0 Å². The van der Waals surface area contributed by atoms with Gasteiger partial charge in [-0.1, -0.05) is 25.3 Å². The van der Waals surface area contributed by atoms with Gasteiger partial charge in [0.05, 0.1) is 14.3 Å². The molecule has 5 heteroatoms. The van der Waals surface area contributed by atoms with Crippen LogP contribution in [0.2, 0.25) is 45.8 Å². The summed E-state index contributed by atoms with van der Waals surface area (Å²) in [6.07, 6.45) is 1.74. The van der Waals surface area contributed by atoms with E-state index in [-0.39, 0.29) is 0 Å². The lowest BCUT2D eigenvalue weighted by Crippen LogP contribution is -2.45. The molecule has 0 aliphatic carbocycles. The molecule has 2 nitrogen and oxygen atoms in total. The van der Waals surface area contributed by atoms with Crippen LogP contribution in [0.4, 0.5) is 0 Å². The zero-order valence-electron chi connectivity index (χ0n) is 12.0. The van der Waals surface area contributed by atoms with E-state index < -0.39 is 24.7 Å². The molecular formula is C11H28O2Si3. The lowest BCUT2D eigenvalue weighted by atomic mass is 11.3. The maximum absolute atomic E-state index is 6.10. The molecule has 0 atom stereocenters. The molecule has 0 fully saturated rings. The minimum atomic E-state index is -1.64. The van der Waals surface area contributed by atoms with Crippen LogP contribution in [0.5, 0.6) is 0 Å². The minimum absolute atomic E-state index is 0.794. The predicted octanol–water partition coefficient (Wildman–Crippen LogP) is 3.57. The van der Waals surface area contributed by atoms with E-state index in [0.29, 0.717) is 0 Å². The fourth-order valence-electron chi connectivity index (χ4n) is 0.872. The van der Waals surface area contributed by atoms with Crippen molar-refractivity contribution in [1.82, 2.24) is 0 Å². The van der Waals surface area contributed by atoms with Crippen LogP contribution in [0.25, 0.3) is 0 Å². The first-order valence-corrected chi connectivity index (χ1v) is 15.7. The number of hydrogen-bond donors (Lipinski definition) is 0. The molecule has 0 radical (unpaired) electrons. The SMILES string of the molecule is C=C[Si](C)(C)OC[Si](C)(C)OC[Si](C)(C)C. The quantitative estimate of drug-likeness (QED) is 0.662. The summed E-state index contributed by atoms with van der Waals surface area (Å²) >= 11 is 0. The molecule has 0 aliphatic rings. The average Bonchev–Trinajstić information content (AvgIpc) is 2.12. The Labute approximate surface area is 104 Å². The molecule has 0 N–H and O–H groups in total. The van der Waals surface area contributed by atoms with Gasteiger partial charge in [0.25, 0.3) is 0 Å². The molecule has 16 heavy (non-hydrogen) atoms. The van der Waals surface area contributed by atoms with Gasteiger partial charge in [0.2, 0.25) is 16.6 Å². The van der Waals surface area contributed by atoms with Gasteiger partial charge >= 0.3 is 0 Å². The number of hydrogen-bond acceptors (Lipinski definition) is 2. The summed E-state index contributed by atoms with van der Waals surface area (Å²) in [4.78, 5) is 0. The summed E-state index contributed by atoms with van der Waals surface area (Å²) in [5, 5.41) is 0. The lowest BCUT2D eigenvalue weighted by molar-refractivity contribution is 0.303. The fourth-order valence-corrected chi connectivity index (χ4v) is 7.25. The van der Waals surface area contributed by atoms with E-state index in [1.807, 2.05) is 5.70 Å². The van der Waals surface area contributed by atoms with E-state index in [1.54, 1.807) is 0 Å². The van der Waals surface area contributed by atoms with Crippen LogP contribution in [-0.2, 0) is 8.85 Å². The predicted molar refractivity (Wildman–Crippen MR) is 80.4 cm³/mol. The third kappa shape index (κ3) is 8.46. The Morgan fingerprint density at radius 1 is 0.875 bits per heavy atom. The van der Waals surface area contributed by atoms with Crippen molar-refractivity contribution in [3.05, 3.63) is 12.3 Å². The van der Waals surface area contributed by atoms with Crippen LogP contribution >= 0.6 is 0 Å². The van der Waals surface area contributed by atoms with Crippen molar-refractivity contribution in [1.29, 1.82) is 0 Å². The topological polar surface area (TPSA) is 18.5 Å². The van der Waals surface area contributed by atoms with Gasteiger partial charge in [-0.3, -0.25) is 0 Å². The molecule has 0 bridgehead atoms. The van der Waals surface area contributed by atoms with Crippen molar-refractivity contribution < 1.29 is 8.85 Å². The molecule has 0 saturated carbocycles. The fraction of sp³-hybridized carbons (Fsp3) is 0.818. The van der Waals surface area contributed by atoms with Crippen molar-refractivity contribution in [2.75, 3.05) is 12.5 Å². The highest BCUT2D eigenvalue weighted by molar-refractivity contribution is 6.79. The van der Waals surface area contributed by atoms with Crippen molar-refractivity contribution in [3.8, 4) is 0 Å². The van der Waals surface area contributed by atoms with Crippen molar-refractivity contribution >= 4 is 24.7 Å². The summed E-state index contributed by atoms with van der Waals surface area (Å²) in [5.41, 5.74) is 1.98. The molecule has 0 heterocycles. The van der Waals surface area contributed by atoms with Gasteiger partial charge in [-0.05, 0) is 26.2 Å². The molecule has 0 spiro atoms. The third-order valence-corrected chi connectivity index (χ3v) is 7.40. The highest BCUT2D eigenvalue weighted by Crippen LogP contribution is 2.13. The van der Waals surface area contributed by atoms with Crippen molar-refractivity contribution in [3.63, 3.8) is 0 Å². The van der Waals surface area contributed by atoms with E-state index in [0.717, 1.165) is 12.5 Å². The second kappa shape index (κ2) is 5.77. The summed E-state index contributed by atoms with van der Waals surface area (Å²) in [6, 6.07) is 0. The Balaban J connectivity index is 4.10. The first-order valence-electron chi connectivity index (χ1n) is 5.89. The molecule has 96 valence electrons. The molecule has 0 rings (SSSR count). The Morgan fingerprint density at radius 2 is 1.38 bits per heavy atom. The maximum Gasteiger partial charge on any atom is 0.210 e. The van der Waals surface area contributed by atoms with Crippen LogP contribution in [0.1, 0.15) is 0 Å². The largest absolute Gasteiger partial charge is 0.418 e. The second-order valence-electron chi connectivity index (χ2n) is 6.71. The van der Waals surface area contributed by atoms with Gasteiger partial charge in [0.15, 0.2) is 0 Å². The maximum atomic E-state index is 6.10. The molecule has 0 amide bonds. The lowest BCUT2D eigenvalue weighted by Gasteiger charge is -2.30. The van der Waals surface area contributed by atoms with E-state index in [9.17, 15) is 0 Å². The van der Waals surface area contributed by atoms with Gasteiger partial charge in [0, 0.05) is 6.23 Å². The Kier molecular flexibility index (Phi) is 5.88. The first kappa shape index (κ1) is 16.3. The van der Waals surface area contributed by atoms with Gasteiger partial charge in [-0.15, -0.1) is 6.58 Å². The van der Waals surface area contributed by atoms with Crippen molar-refractivity contribution in [2.24, 2.45) is 0 Å². The van der Waals surface area contributed by atoms with Crippen LogP contribution in [0, 0.1) is 0 Å². The molecule has 0 aromatic rings. The highest BCUT2D eigenvalue weighted by Gasteiger charge is 2.29. The van der Waals surface area contributed by atoms with Gasteiger partial charge in [-0.2, -0.15) is 0 Å². The van der Waals surface area contributed by atoms with Crippen LogP contribution in [0.15, 0.2) is 12.3 Å². The molecule has 0 unspecified atom stereocenters. The van der Waals surface area contributed by atoms with E-state index >= 15 is 0 Å². The van der Waals surface area contributed by atoms with Crippen LogP contribution in [-0.4, -0.2) is 37.2 Å². The van der Waals surface area contributed by atoms with E-state index in [2.05, 4.69) is 52.4 Å². The molecule has 0 aromatic carbocycles. The summed E-state index contributed by atoms with van der Waals surface area (Å²) in [7, 11) is -4.37. The van der Waals surface area contributed by atoms with E-state index in [1.165, 1.54) is 0 Å². The smallest absolute Gasteiger partial charge is 0.210 e. The Hall–Kier alpha value is 0.311. The normalized spacial score (nSPS) is 13.9. The monoisotopic (exact) mass is 276 g/mol. The average molecular weight is 277 g/mol. The van der Waals surface area contributed by atoms with Crippen LogP contribution in [0.3, 0.4) is 0 Å². The van der Waals surface area contributed by atoms with Gasteiger partial charge in [0.1, 0.15) is 0 Å². The Morgan fingerprint density at radius 3 is 1.75 bits per heavy atom. The Bertz CT molecular complexity index is 232. The zero-order valence-corrected chi connectivity index (χ0v) is 15.0. The zero-order chi connectivity index (χ0) is 13.0. The molecule has 0 saturated heterocycles. The van der Waals surface area contributed by atoms with Gasteiger partial charge < -0.3 is 8.85 Å². The summed E-state index contributed by atoms with van der Waals surface area (Å²) in [5.74, 6) is 0. The standard InChI is InChI=1S/C11H28O2Si3/c1-9-15(5,6)13-11-16(7,8)12-10-14(2,3)4/h9H,1,10-11H2,2-8H3. The molecule has 0 aromatic heterocycles. The third-order valence-electron chi connectivity index (χ3n) is 2.18. The second-order valence-corrected chi connectivity index (χ2v) is 20.1. The van der Waals surface area contributed by atoms with Gasteiger partial charge in [-0.25, -0.2) is 0 Å². The van der Waals surface area contributed by atoms with E-state index in [4.69, 9.17) is 8.85 Å². The molecule has 0 aliphatic heterocycles.